The fourth-order valence-electron chi connectivity index (χ4n) is 2.84. The van der Waals surface area contributed by atoms with Crippen LogP contribution in [0.15, 0.2) is 28.6 Å². The summed E-state index contributed by atoms with van der Waals surface area (Å²) in [6.07, 6.45) is -2.10. The molecule has 0 spiro atoms. The van der Waals surface area contributed by atoms with E-state index in [0.717, 1.165) is 0 Å². The minimum atomic E-state index is -4.43. The van der Waals surface area contributed by atoms with Gasteiger partial charge in [-0.2, -0.15) is 13.2 Å². The van der Waals surface area contributed by atoms with Crippen LogP contribution in [0.3, 0.4) is 0 Å². The minimum absolute atomic E-state index is 0.130. The van der Waals surface area contributed by atoms with Gasteiger partial charge >= 0.3 is 6.18 Å². The van der Waals surface area contributed by atoms with E-state index in [1.54, 1.807) is 11.0 Å². The molecule has 6 nitrogen and oxygen atoms in total. The van der Waals surface area contributed by atoms with Crippen molar-refractivity contribution in [3.63, 3.8) is 0 Å². The van der Waals surface area contributed by atoms with E-state index in [1.165, 1.54) is 12.3 Å². The normalized spacial score (nSPS) is 20.6. The van der Waals surface area contributed by atoms with Gasteiger partial charge in [0.25, 0.3) is 11.6 Å². The van der Waals surface area contributed by atoms with Gasteiger partial charge in [-0.1, -0.05) is 0 Å². The Morgan fingerprint density at radius 1 is 1.35 bits per heavy atom. The molecule has 0 bridgehead atoms. The molecule has 3 rings (SSSR count). The van der Waals surface area contributed by atoms with Crippen LogP contribution in [-0.4, -0.2) is 40.7 Å². The molecule has 2 N–H and O–H groups in total. The second-order valence-corrected chi connectivity index (χ2v) is 5.93. The Labute approximate surface area is 130 Å². The molecule has 1 aromatic rings. The summed E-state index contributed by atoms with van der Waals surface area (Å²) in [4.78, 5) is 17.9. The van der Waals surface area contributed by atoms with E-state index in [9.17, 15) is 18.0 Å². The number of pyridine rings is 1. The SMILES string of the molecule is Nc1ccnc(C(=O)N2CCC(CC3(C(F)(F)F)N=N3)CC2)c1. The molecule has 0 unspecified atom stereocenters. The van der Waals surface area contributed by atoms with Crippen LogP contribution in [0.5, 0.6) is 0 Å². The van der Waals surface area contributed by atoms with Gasteiger partial charge in [0.1, 0.15) is 5.69 Å². The number of anilines is 1. The Morgan fingerprint density at radius 3 is 2.52 bits per heavy atom. The molecule has 0 aromatic carbocycles. The largest absolute Gasteiger partial charge is 0.437 e. The number of nitrogens with two attached hydrogens (primary N) is 1. The number of nitrogen functional groups attached to an aromatic ring is 1. The van der Waals surface area contributed by atoms with Gasteiger partial charge in [-0.3, -0.25) is 9.78 Å². The van der Waals surface area contributed by atoms with Gasteiger partial charge in [0.2, 0.25) is 0 Å². The fraction of sp³-hybridized carbons (Fsp3) is 0.571. The summed E-state index contributed by atoms with van der Waals surface area (Å²) < 4.78 is 38.5. The van der Waals surface area contributed by atoms with Crippen LogP contribution in [0.25, 0.3) is 0 Å². The molecule has 0 aliphatic carbocycles. The molecule has 1 saturated heterocycles. The smallest absolute Gasteiger partial charge is 0.399 e. The average molecular weight is 327 g/mol. The number of nitrogens with zero attached hydrogens (tertiary/aromatic N) is 4. The molecular weight excluding hydrogens is 311 g/mol. The van der Waals surface area contributed by atoms with Crippen molar-refractivity contribution in [2.24, 2.45) is 16.1 Å². The lowest BCUT2D eigenvalue weighted by Gasteiger charge is -2.32. The highest BCUT2D eigenvalue weighted by atomic mass is 19.4. The quantitative estimate of drug-likeness (QED) is 0.926. The topological polar surface area (TPSA) is 83.9 Å². The van der Waals surface area contributed by atoms with E-state index in [-0.39, 0.29) is 23.9 Å². The van der Waals surface area contributed by atoms with Crippen molar-refractivity contribution in [2.45, 2.75) is 31.1 Å². The van der Waals surface area contributed by atoms with Crippen molar-refractivity contribution in [3.8, 4) is 0 Å². The standard InChI is InChI=1S/C14H16F3N5O/c15-14(16,17)13(20-21-13)8-9-2-5-22(6-3-9)12(23)11-7-10(18)1-4-19-11/h1,4,7,9H,2-3,5-6,8H2,(H2,18,19). The Bertz CT molecular complexity index is 632. The van der Waals surface area contributed by atoms with Crippen molar-refractivity contribution >= 4 is 11.6 Å². The van der Waals surface area contributed by atoms with Gasteiger partial charge in [-0.15, -0.1) is 10.2 Å². The highest BCUT2D eigenvalue weighted by Crippen LogP contribution is 2.49. The van der Waals surface area contributed by atoms with Crippen molar-refractivity contribution in [3.05, 3.63) is 24.0 Å². The molecule has 9 heteroatoms. The van der Waals surface area contributed by atoms with E-state index in [0.29, 0.717) is 31.6 Å². The molecule has 2 aliphatic heterocycles. The lowest BCUT2D eigenvalue weighted by Crippen LogP contribution is -2.41. The molecule has 1 aromatic heterocycles. The Kier molecular flexibility index (Phi) is 3.73. The third-order valence-corrected chi connectivity index (χ3v) is 4.27. The first-order chi connectivity index (χ1) is 10.8. The predicted molar refractivity (Wildman–Crippen MR) is 75.5 cm³/mol. The minimum Gasteiger partial charge on any atom is -0.399 e. The zero-order valence-electron chi connectivity index (χ0n) is 12.3. The van der Waals surface area contributed by atoms with E-state index >= 15 is 0 Å². The molecule has 3 heterocycles. The maximum absolute atomic E-state index is 12.8. The number of likely N-dealkylation sites (tertiary alicyclic amines) is 1. The van der Waals surface area contributed by atoms with Gasteiger partial charge in [-0.05, 0) is 30.9 Å². The summed E-state index contributed by atoms with van der Waals surface area (Å²) in [6, 6.07) is 3.08. The molecule has 124 valence electrons. The third-order valence-electron chi connectivity index (χ3n) is 4.27. The summed E-state index contributed by atoms with van der Waals surface area (Å²) in [6.45, 7) is 0.793. The molecule has 23 heavy (non-hydrogen) atoms. The number of hydrogen-bond donors (Lipinski definition) is 1. The van der Waals surface area contributed by atoms with Crippen LogP contribution in [0, 0.1) is 5.92 Å². The van der Waals surface area contributed by atoms with Gasteiger partial charge in [0.05, 0.1) is 0 Å². The van der Waals surface area contributed by atoms with Crippen LogP contribution < -0.4 is 5.73 Å². The predicted octanol–water partition coefficient (Wildman–Crippen LogP) is 2.63. The number of amides is 1. The highest BCUT2D eigenvalue weighted by molar-refractivity contribution is 5.93. The number of hydrogen-bond acceptors (Lipinski definition) is 5. The lowest BCUT2D eigenvalue weighted by atomic mass is 9.88. The highest BCUT2D eigenvalue weighted by Gasteiger charge is 2.64. The Hall–Kier alpha value is -2.19. The number of piperidine rings is 1. The number of rotatable bonds is 3. The van der Waals surface area contributed by atoms with Crippen LogP contribution in [-0.2, 0) is 0 Å². The molecule has 1 amide bonds. The van der Waals surface area contributed by atoms with E-state index in [1.807, 2.05) is 0 Å². The van der Waals surface area contributed by atoms with Gasteiger partial charge in [-0.25, -0.2) is 0 Å². The van der Waals surface area contributed by atoms with Crippen LogP contribution in [0.1, 0.15) is 29.8 Å². The van der Waals surface area contributed by atoms with Crippen LogP contribution in [0.4, 0.5) is 18.9 Å². The summed E-state index contributed by atoms with van der Waals surface area (Å²) in [5.41, 5.74) is 4.13. The van der Waals surface area contributed by atoms with Gasteiger partial charge in [0, 0.05) is 31.4 Å². The summed E-state index contributed by atoms with van der Waals surface area (Å²) in [7, 11) is 0. The monoisotopic (exact) mass is 327 g/mol. The Balaban J connectivity index is 1.56. The fourth-order valence-corrected chi connectivity index (χ4v) is 2.84. The van der Waals surface area contributed by atoms with Crippen molar-refractivity contribution in [1.29, 1.82) is 0 Å². The second kappa shape index (κ2) is 5.47. The molecular formula is C14H16F3N5O. The summed E-state index contributed by atoms with van der Waals surface area (Å²) in [5, 5.41) is 6.41. The molecule has 0 atom stereocenters. The summed E-state index contributed by atoms with van der Waals surface area (Å²) in [5.74, 6) is -0.397. The van der Waals surface area contributed by atoms with Gasteiger partial charge in [0.15, 0.2) is 0 Å². The van der Waals surface area contributed by atoms with Crippen molar-refractivity contribution in [2.75, 3.05) is 18.8 Å². The third kappa shape index (κ3) is 3.13. The average Bonchev–Trinajstić information content (AvgIpc) is 3.28. The first-order valence-electron chi connectivity index (χ1n) is 7.32. The van der Waals surface area contributed by atoms with E-state index < -0.39 is 11.8 Å². The van der Waals surface area contributed by atoms with E-state index in [2.05, 4.69) is 15.2 Å². The number of halogens is 3. The Morgan fingerprint density at radius 2 is 2.00 bits per heavy atom. The zero-order chi connectivity index (χ0) is 16.7. The zero-order valence-corrected chi connectivity index (χ0v) is 12.3. The first kappa shape index (κ1) is 15.7. The summed E-state index contributed by atoms with van der Waals surface area (Å²) >= 11 is 0. The van der Waals surface area contributed by atoms with Crippen molar-refractivity contribution < 1.29 is 18.0 Å². The van der Waals surface area contributed by atoms with Gasteiger partial charge < -0.3 is 10.6 Å². The maximum Gasteiger partial charge on any atom is 0.437 e. The maximum atomic E-state index is 12.8. The number of carbonyl (C=O) groups is 1. The second-order valence-electron chi connectivity index (χ2n) is 5.93. The van der Waals surface area contributed by atoms with Crippen LogP contribution in [0.2, 0.25) is 0 Å². The van der Waals surface area contributed by atoms with Crippen molar-refractivity contribution in [1.82, 2.24) is 9.88 Å². The first-order valence-corrected chi connectivity index (χ1v) is 7.32. The number of carbonyl (C=O) groups excluding carboxylic acids is 1. The number of alkyl halides is 3. The van der Waals surface area contributed by atoms with Crippen LogP contribution >= 0.6 is 0 Å². The van der Waals surface area contributed by atoms with E-state index in [4.69, 9.17) is 5.73 Å². The number of aromatic nitrogens is 1. The molecule has 0 saturated carbocycles. The molecule has 0 radical (unpaired) electrons. The molecule has 2 aliphatic rings. The molecule has 1 fully saturated rings. The lowest BCUT2D eigenvalue weighted by molar-refractivity contribution is -0.168.